The quantitative estimate of drug-likeness (QED) is 0.682. The van der Waals surface area contributed by atoms with Gasteiger partial charge in [-0.2, -0.15) is 0 Å². The summed E-state index contributed by atoms with van der Waals surface area (Å²) in [4.78, 5) is 0. The van der Waals surface area contributed by atoms with Gasteiger partial charge in [-0.05, 0) is 48.4 Å². The molecule has 0 nitrogen and oxygen atoms in total. The molecule has 0 aliphatic heterocycles. The number of hydrogen-bond donors (Lipinski definition) is 0. The van der Waals surface area contributed by atoms with E-state index in [1.54, 1.807) is 4.62 Å². The lowest BCUT2D eigenvalue weighted by Crippen LogP contribution is -2.16. The predicted octanol–water partition coefficient (Wildman–Crippen LogP) is 4.74. The summed E-state index contributed by atoms with van der Waals surface area (Å²) in [6, 6.07) is 4.69. The maximum Gasteiger partial charge on any atom is 0.0283 e. The Morgan fingerprint density at radius 3 is 1.94 bits per heavy atom. The predicted molar refractivity (Wildman–Crippen MR) is 75.4 cm³/mol. The smallest absolute Gasteiger partial charge is 0.0283 e. The molecule has 0 bridgehead atoms. The number of rotatable bonds is 3. The highest BCUT2D eigenvalue weighted by Crippen LogP contribution is 2.56. The lowest BCUT2D eigenvalue weighted by Gasteiger charge is -2.29. The molecule has 0 aromatic carbocycles. The molecule has 2 aliphatic rings. The van der Waals surface area contributed by atoms with Gasteiger partial charge in [0.05, 0.1) is 0 Å². The van der Waals surface area contributed by atoms with Crippen LogP contribution in [0.25, 0.3) is 0 Å². The molecule has 0 radical (unpaired) electrons. The highest BCUT2D eigenvalue weighted by atomic mass is 32.1. The van der Waals surface area contributed by atoms with Gasteiger partial charge in [0.25, 0.3) is 0 Å². The van der Waals surface area contributed by atoms with Crippen molar-refractivity contribution in [3.8, 4) is 0 Å². The van der Waals surface area contributed by atoms with E-state index in [9.17, 15) is 0 Å². The molecule has 0 saturated heterocycles. The van der Waals surface area contributed by atoms with Crippen LogP contribution in [0.5, 0.6) is 0 Å². The minimum Gasteiger partial charge on any atom is -0.144 e. The maximum absolute atomic E-state index is 2.42. The number of thiophene rings is 1. The Bertz CT molecular complexity index is 291. The minimum absolute atomic E-state index is 0.198. The fourth-order valence-electron chi connectivity index (χ4n) is 3.44. The van der Waals surface area contributed by atoms with E-state index in [1.807, 2.05) is 11.3 Å². The third kappa shape index (κ3) is 2.22. The highest BCUT2D eigenvalue weighted by molar-refractivity contribution is 7.72. The monoisotopic (exact) mass is 252 g/mol. The summed E-state index contributed by atoms with van der Waals surface area (Å²) >= 11 is 2.03. The Balaban J connectivity index is 1.81. The lowest BCUT2D eigenvalue weighted by atomic mass is 10.4. The van der Waals surface area contributed by atoms with Crippen LogP contribution >= 0.6 is 19.3 Å². The summed E-state index contributed by atoms with van der Waals surface area (Å²) < 4.78 is 1.76. The second-order valence-electron chi connectivity index (χ2n) is 5.24. The molecular weight excluding hydrogens is 231 g/mol. The van der Waals surface area contributed by atoms with E-state index >= 15 is 0 Å². The van der Waals surface area contributed by atoms with E-state index in [0.29, 0.717) is 0 Å². The van der Waals surface area contributed by atoms with Crippen molar-refractivity contribution in [1.82, 2.24) is 0 Å². The van der Waals surface area contributed by atoms with Crippen molar-refractivity contribution >= 4 is 23.9 Å². The largest absolute Gasteiger partial charge is 0.144 e. The topological polar surface area (TPSA) is 0 Å². The van der Waals surface area contributed by atoms with Crippen LogP contribution in [-0.2, 0) is 0 Å². The van der Waals surface area contributed by atoms with Gasteiger partial charge < -0.3 is 0 Å². The molecule has 1 aromatic rings. The minimum atomic E-state index is 0.198. The zero-order chi connectivity index (χ0) is 10.8. The molecule has 2 aliphatic carbocycles. The number of hydrogen-bond acceptors (Lipinski definition) is 1. The molecule has 0 amide bonds. The van der Waals surface area contributed by atoms with Crippen molar-refractivity contribution < 1.29 is 0 Å². The molecule has 16 heavy (non-hydrogen) atoms. The van der Waals surface area contributed by atoms with Crippen LogP contribution < -0.4 is 4.62 Å². The van der Waals surface area contributed by atoms with Crippen LogP contribution in [0.3, 0.4) is 0 Å². The van der Waals surface area contributed by atoms with E-state index in [1.165, 1.54) is 51.4 Å². The first-order chi connectivity index (χ1) is 7.95. The lowest BCUT2D eigenvalue weighted by molar-refractivity contribution is 0.836. The standard InChI is InChI=1S/C14H21PS/c1-2-7-12(6-1)15(13-8-3-4-9-13)14-10-5-11-16-14/h5,10-13H,1-4,6-9H2. The molecule has 0 unspecified atom stereocenters. The van der Waals surface area contributed by atoms with Gasteiger partial charge in [0.15, 0.2) is 0 Å². The molecule has 2 heteroatoms. The van der Waals surface area contributed by atoms with E-state index in [0.717, 1.165) is 11.3 Å². The maximum atomic E-state index is 2.42. The van der Waals surface area contributed by atoms with E-state index < -0.39 is 0 Å². The van der Waals surface area contributed by atoms with Gasteiger partial charge in [-0.25, -0.2) is 0 Å². The summed E-state index contributed by atoms with van der Waals surface area (Å²) in [6.07, 6.45) is 12.1. The Labute approximate surface area is 104 Å². The normalized spacial score (nSPS) is 23.6. The molecule has 0 N–H and O–H groups in total. The van der Waals surface area contributed by atoms with Crippen LogP contribution in [0.1, 0.15) is 51.4 Å². The fourth-order valence-corrected chi connectivity index (χ4v) is 8.87. The average Bonchev–Trinajstić information content (AvgIpc) is 3.02. The Kier molecular flexibility index (Phi) is 3.64. The zero-order valence-corrected chi connectivity index (χ0v) is 11.6. The van der Waals surface area contributed by atoms with Crippen molar-refractivity contribution in [3.05, 3.63) is 17.5 Å². The summed E-state index contributed by atoms with van der Waals surface area (Å²) in [5.74, 6) is 0. The Hall–Kier alpha value is 0.130. The molecule has 88 valence electrons. The molecule has 2 saturated carbocycles. The van der Waals surface area contributed by atoms with Gasteiger partial charge in [0, 0.05) is 4.62 Å². The Morgan fingerprint density at radius 2 is 1.50 bits per heavy atom. The first-order valence-corrected chi connectivity index (χ1v) is 9.13. The van der Waals surface area contributed by atoms with Gasteiger partial charge in [-0.1, -0.05) is 39.7 Å². The summed E-state index contributed by atoms with van der Waals surface area (Å²) in [5, 5.41) is 2.29. The molecule has 0 atom stereocenters. The second-order valence-corrected chi connectivity index (χ2v) is 9.24. The SMILES string of the molecule is c1csc(P(C2CCCC2)C2CCCC2)c1. The third-order valence-electron chi connectivity index (χ3n) is 4.20. The first-order valence-electron chi connectivity index (χ1n) is 6.77. The van der Waals surface area contributed by atoms with E-state index in [2.05, 4.69) is 17.5 Å². The average molecular weight is 252 g/mol. The summed E-state index contributed by atoms with van der Waals surface area (Å²) in [7, 11) is 0.198. The van der Waals surface area contributed by atoms with Crippen LogP contribution in [0.4, 0.5) is 0 Å². The van der Waals surface area contributed by atoms with Gasteiger partial charge in [0.1, 0.15) is 0 Å². The summed E-state index contributed by atoms with van der Waals surface area (Å²) in [5.41, 5.74) is 2.16. The van der Waals surface area contributed by atoms with Crippen molar-refractivity contribution in [1.29, 1.82) is 0 Å². The van der Waals surface area contributed by atoms with E-state index in [4.69, 9.17) is 0 Å². The molecule has 1 heterocycles. The molecular formula is C14H21PS. The van der Waals surface area contributed by atoms with Crippen molar-refractivity contribution in [2.24, 2.45) is 0 Å². The second kappa shape index (κ2) is 5.19. The van der Waals surface area contributed by atoms with Crippen LogP contribution in [-0.4, -0.2) is 11.3 Å². The third-order valence-corrected chi connectivity index (χ3v) is 9.08. The van der Waals surface area contributed by atoms with Crippen LogP contribution in [0.15, 0.2) is 17.5 Å². The van der Waals surface area contributed by atoms with Gasteiger partial charge in [0.2, 0.25) is 0 Å². The van der Waals surface area contributed by atoms with Crippen molar-refractivity contribution in [3.63, 3.8) is 0 Å². The van der Waals surface area contributed by atoms with Gasteiger partial charge in [-0.3, -0.25) is 0 Å². The fraction of sp³-hybridized carbons (Fsp3) is 0.714. The molecule has 0 spiro atoms. The van der Waals surface area contributed by atoms with Crippen LogP contribution in [0.2, 0.25) is 0 Å². The molecule has 1 aromatic heterocycles. The van der Waals surface area contributed by atoms with Gasteiger partial charge in [-0.15, -0.1) is 11.3 Å². The molecule has 3 rings (SSSR count). The van der Waals surface area contributed by atoms with Crippen molar-refractivity contribution in [2.75, 3.05) is 0 Å². The summed E-state index contributed by atoms with van der Waals surface area (Å²) in [6.45, 7) is 0. The van der Waals surface area contributed by atoms with Gasteiger partial charge >= 0.3 is 0 Å². The highest BCUT2D eigenvalue weighted by Gasteiger charge is 2.34. The zero-order valence-electron chi connectivity index (χ0n) is 9.90. The van der Waals surface area contributed by atoms with E-state index in [-0.39, 0.29) is 7.92 Å². The van der Waals surface area contributed by atoms with Crippen molar-refractivity contribution in [2.45, 2.75) is 62.7 Å². The van der Waals surface area contributed by atoms with Crippen LogP contribution in [0, 0.1) is 0 Å². The first kappa shape index (κ1) is 11.2. The Morgan fingerprint density at radius 1 is 0.938 bits per heavy atom. The molecule has 2 fully saturated rings.